The minimum atomic E-state index is -0.519. The molecule has 3 rings (SSSR count). The molecule has 4 N–H and O–H groups in total. The number of hydrogen-bond donors (Lipinski definition) is 2. The summed E-state index contributed by atoms with van der Waals surface area (Å²) in [6.07, 6.45) is 0.883. The van der Waals surface area contributed by atoms with E-state index in [2.05, 4.69) is 15.0 Å². The number of benzene rings is 1. The fourth-order valence-corrected chi connectivity index (χ4v) is 3.13. The summed E-state index contributed by atoms with van der Waals surface area (Å²) in [7, 11) is 3.11. The molecule has 1 amide bonds. The molecule has 1 aliphatic rings. The number of likely N-dealkylation sites (N-methyl/N-ethyl adjacent to an activating group) is 1. The number of ether oxygens (including phenoxy) is 1. The number of aliphatic imine (C=N–C) groups is 1. The van der Waals surface area contributed by atoms with Gasteiger partial charge in [0.1, 0.15) is 17.9 Å². The number of anilines is 1. The largest absolute Gasteiger partial charge is 0.467 e. The second kappa shape index (κ2) is 7.98. The summed E-state index contributed by atoms with van der Waals surface area (Å²) in [4.78, 5) is 27.1. The zero-order valence-electron chi connectivity index (χ0n) is 16.4. The third-order valence-electron chi connectivity index (χ3n) is 4.58. The average molecular weight is 391 g/mol. The van der Waals surface area contributed by atoms with Crippen LogP contribution in [0.15, 0.2) is 41.2 Å². The van der Waals surface area contributed by atoms with Gasteiger partial charge in [0.2, 0.25) is 0 Å². The van der Waals surface area contributed by atoms with Crippen molar-refractivity contribution in [1.29, 1.82) is 5.26 Å². The van der Waals surface area contributed by atoms with E-state index >= 15 is 0 Å². The lowest BCUT2D eigenvalue weighted by Gasteiger charge is -2.24. The first-order chi connectivity index (χ1) is 13.9. The number of carbonyl (C=O) groups is 1. The minimum Gasteiger partial charge on any atom is -0.467 e. The van der Waals surface area contributed by atoms with Crippen LogP contribution in [0.3, 0.4) is 0 Å². The first-order valence-corrected chi connectivity index (χ1v) is 8.87. The van der Waals surface area contributed by atoms with Crippen LogP contribution >= 0.6 is 0 Å². The molecule has 1 aliphatic heterocycles. The van der Waals surface area contributed by atoms with Gasteiger partial charge in [0.15, 0.2) is 5.82 Å². The van der Waals surface area contributed by atoms with Crippen LogP contribution in [0.1, 0.15) is 34.6 Å². The lowest BCUT2D eigenvalue weighted by molar-refractivity contribution is 0.0801. The van der Waals surface area contributed by atoms with Gasteiger partial charge in [-0.05, 0) is 13.0 Å². The van der Waals surface area contributed by atoms with E-state index in [9.17, 15) is 10.1 Å². The van der Waals surface area contributed by atoms with E-state index < -0.39 is 6.10 Å². The van der Waals surface area contributed by atoms with E-state index in [0.29, 0.717) is 11.1 Å². The van der Waals surface area contributed by atoms with Crippen molar-refractivity contribution in [2.24, 2.45) is 10.7 Å². The standard InChI is InChI=1S/C20H21N7O2/c1-11-12-6-4-5-7-13(12)20(28)27(3)10-14(22)17(15(8-21)24-2)16-9-25-18(23)19(26-16)29-11/h4-7,9,11H,10,22H2,1-3H3,(H2,23,25)/t11-/m1/s1. The Bertz CT molecular complexity index is 1070. The van der Waals surface area contributed by atoms with E-state index in [-0.39, 0.29) is 46.8 Å². The summed E-state index contributed by atoms with van der Waals surface area (Å²) in [5.74, 6) is -0.0538. The first-order valence-electron chi connectivity index (χ1n) is 8.87. The maximum atomic E-state index is 13.1. The molecule has 0 saturated carbocycles. The second-order valence-electron chi connectivity index (χ2n) is 6.54. The molecular weight excluding hydrogens is 370 g/mol. The molecule has 148 valence electrons. The molecule has 0 spiro atoms. The van der Waals surface area contributed by atoms with Gasteiger partial charge in [0, 0.05) is 30.9 Å². The van der Waals surface area contributed by atoms with Gasteiger partial charge in [-0.15, -0.1) is 0 Å². The van der Waals surface area contributed by atoms with Crippen LogP contribution < -0.4 is 16.2 Å². The third-order valence-corrected chi connectivity index (χ3v) is 4.58. The van der Waals surface area contributed by atoms with Crippen molar-refractivity contribution in [1.82, 2.24) is 14.9 Å². The first kappa shape index (κ1) is 19.8. The summed E-state index contributed by atoms with van der Waals surface area (Å²) in [6, 6.07) is 9.15. The highest BCUT2D eigenvalue weighted by Crippen LogP contribution is 2.29. The average Bonchev–Trinajstić information content (AvgIpc) is 2.72. The number of aromatic nitrogens is 2. The zero-order chi connectivity index (χ0) is 21.1. The molecule has 0 aliphatic carbocycles. The molecule has 1 aromatic carbocycles. The molecule has 2 heterocycles. The molecule has 0 saturated heterocycles. The number of hydrogen-bond acceptors (Lipinski definition) is 8. The molecule has 9 nitrogen and oxygen atoms in total. The summed E-state index contributed by atoms with van der Waals surface area (Å²) in [6.45, 7) is 1.87. The van der Waals surface area contributed by atoms with Gasteiger partial charge in [0.05, 0.1) is 24.0 Å². The van der Waals surface area contributed by atoms with Gasteiger partial charge < -0.3 is 21.1 Å². The predicted octanol–water partition coefficient (Wildman–Crippen LogP) is 1.55. The topological polar surface area (TPSA) is 144 Å². The van der Waals surface area contributed by atoms with Crippen LogP contribution in [-0.4, -0.2) is 47.1 Å². The Morgan fingerprint density at radius 1 is 1.38 bits per heavy atom. The molecule has 2 bridgehead atoms. The van der Waals surface area contributed by atoms with Crippen molar-refractivity contribution in [3.63, 3.8) is 0 Å². The molecule has 0 fully saturated rings. The lowest BCUT2D eigenvalue weighted by Crippen LogP contribution is -2.33. The van der Waals surface area contributed by atoms with E-state index in [1.807, 2.05) is 18.2 Å². The fraction of sp³-hybridized carbons (Fsp3) is 0.250. The van der Waals surface area contributed by atoms with E-state index in [1.165, 1.54) is 18.1 Å². The van der Waals surface area contributed by atoms with Gasteiger partial charge in [-0.3, -0.25) is 9.79 Å². The molecule has 1 aromatic heterocycles. The van der Waals surface area contributed by atoms with Crippen molar-refractivity contribution in [3.8, 4) is 11.9 Å². The summed E-state index contributed by atoms with van der Waals surface area (Å²) in [5.41, 5.74) is 14.3. The minimum absolute atomic E-state index is 0.0684. The number of nitrogens with two attached hydrogens (primary N) is 2. The molecule has 2 aromatic rings. The number of nitrogen functional groups attached to an aromatic ring is 1. The van der Waals surface area contributed by atoms with Crippen molar-refractivity contribution >= 4 is 23.0 Å². The van der Waals surface area contributed by atoms with Crippen molar-refractivity contribution in [2.75, 3.05) is 26.4 Å². The normalized spacial score (nSPS) is 17.6. The maximum absolute atomic E-state index is 13.1. The van der Waals surface area contributed by atoms with Crippen molar-refractivity contribution < 1.29 is 9.53 Å². The highest BCUT2D eigenvalue weighted by molar-refractivity contribution is 6.31. The predicted molar refractivity (Wildman–Crippen MR) is 109 cm³/mol. The summed E-state index contributed by atoms with van der Waals surface area (Å²) in [5, 5.41) is 9.51. The highest BCUT2D eigenvalue weighted by Gasteiger charge is 2.25. The number of fused-ring (bicyclic) bond motifs is 3. The van der Waals surface area contributed by atoms with Gasteiger partial charge >= 0.3 is 0 Å². The SMILES string of the molecule is CN=C(C#N)C1=C(N)CN(C)C(=O)c2ccccc2[C@@H](C)Oc2nc1cnc2N. The van der Waals surface area contributed by atoms with Crippen LogP contribution in [0.5, 0.6) is 5.88 Å². The Labute approximate surface area is 168 Å². The fourth-order valence-electron chi connectivity index (χ4n) is 3.13. The highest BCUT2D eigenvalue weighted by atomic mass is 16.5. The van der Waals surface area contributed by atoms with Gasteiger partial charge in [-0.25, -0.2) is 9.97 Å². The quantitative estimate of drug-likeness (QED) is 0.702. The Morgan fingerprint density at radius 3 is 2.79 bits per heavy atom. The van der Waals surface area contributed by atoms with Gasteiger partial charge in [0.25, 0.3) is 11.8 Å². The molecule has 0 unspecified atom stereocenters. The molecular formula is C20H21N7O2. The third kappa shape index (κ3) is 3.73. The number of carbonyl (C=O) groups excluding carboxylic acids is 1. The Morgan fingerprint density at radius 2 is 2.10 bits per heavy atom. The monoisotopic (exact) mass is 391 g/mol. The van der Waals surface area contributed by atoms with Crippen LogP contribution in [0.2, 0.25) is 0 Å². The Kier molecular flexibility index (Phi) is 5.45. The van der Waals surface area contributed by atoms with E-state index in [4.69, 9.17) is 16.2 Å². The molecule has 1 atom stereocenters. The number of allylic oxidation sites excluding steroid dienone is 1. The summed E-state index contributed by atoms with van der Waals surface area (Å²) < 4.78 is 5.94. The van der Waals surface area contributed by atoms with Crippen molar-refractivity contribution in [2.45, 2.75) is 13.0 Å². The van der Waals surface area contributed by atoms with Crippen LogP contribution in [-0.2, 0) is 0 Å². The smallest absolute Gasteiger partial charge is 0.258 e. The maximum Gasteiger partial charge on any atom is 0.258 e. The lowest BCUT2D eigenvalue weighted by atomic mass is 10.0. The van der Waals surface area contributed by atoms with Crippen molar-refractivity contribution in [3.05, 3.63) is 53.0 Å². The van der Waals surface area contributed by atoms with E-state index in [0.717, 1.165) is 0 Å². The molecule has 9 heteroatoms. The Hall–Kier alpha value is -3.93. The number of nitriles is 1. The van der Waals surface area contributed by atoms with Crippen LogP contribution in [0.25, 0.3) is 5.57 Å². The second-order valence-corrected chi connectivity index (χ2v) is 6.54. The van der Waals surface area contributed by atoms with Crippen LogP contribution in [0.4, 0.5) is 5.82 Å². The number of amides is 1. The van der Waals surface area contributed by atoms with E-state index in [1.54, 1.807) is 26.1 Å². The summed E-state index contributed by atoms with van der Waals surface area (Å²) >= 11 is 0. The van der Waals surface area contributed by atoms with Gasteiger partial charge in [-0.2, -0.15) is 5.26 Å². The molecule has 0 radical (unpaired) electrons. The van der Waals surface area contributed by atoms with Crippen LogP contribution in [0, 0.1) is 11.3 Å². The Balaban J connectivity index is 2.28. The zero-order valence-corrected chi connectivity index (χ0v) is 16.4. The number of nitrogens with zero attached hydrogens (tertiary/aromatic N) is 5. The number of rotatable bonds is 1. The molecule has 29 heavy (non-hydrogen) atoms. The van der Waals surface area contributed by atoms with Gasteiger partial charge in [-0.1, -0.05) is 18.2 Å².